The zero-order valence-corrected chi connectivity index (χ0v) is 17.5. The summed E-state index contributed by atoms with van der Waals surface area (Å²) >= 11 is 0. The van der Waals surface area contributed by atoms with Crippen molar-refractivity contribution < 1.29 is 24.2 Å². The molecule has 1 heterocycles. The van der Waals surface area contributed by atoms with Crippen molar-refractivity contribution in [2.45, 2.75) is 58.0 Å². The van der Waals surface area contributed by atoms with Gasteiger partial charge in [-0.05, 0) is 39.2 Å². The molecule has 0 aliphatic carbocycles. The van der Waals surface area contributed by atoms with Crippen LogP contribution in [0.4, 0.5) is 9.59 Å². The minimum absolute atomic E-state index is 0.109. The number of ether oxygens (including phenoxy) is 2. The molecule has 1 atom stereocenters. The first-order valence-electron chi connectivity index (χ1n) is 10.1. The van der Waals surface area contributed by atoms with Gasteiger partial charge in [0, 0.05) is 32.2 Å². The van der Waals surface area contributed by atoms with Crippen molar-refractivity contribution in [2.24, 2.45) is 0 Å². The Hall–Kier alpha value is -2.32. The van der Waals surface area contributed by atoms with E-state index in [4.69, 9.17) is 9.47 Å². The van der Waals surface area contributed by atoms with Gasteiger partial charge in [0.2, 0.25) is 0 Å². The molecule has 29 heavy (non-hydrogen) atoms. The third kappa shape index (κ3) is 9.15. The number of piperidine rings is 1. The Bertz CT molecular complexity index is 639. The number of rotatable bonds is 7. The first-order chi connectivity index (χ1) is 13.7. The van der Waals surface area contributed by atoms with Gasteiger partial charge in [-0.15, -0.1) is 0 Å². The van der Waals surface area contributed by atoms with Gasteiger partial charge in [-0.2, -0.15) is 0 Å². The number of hydrogen-bond acceptors (Lipinski definition) is 6. The number of carbonyl (C=O) groups is 2. The quantitative estimate of drug-likeness (QED) is 0.641. The second kappa shape index (κ2) is 11.0. The molecule has 1 aromatic rings. The molecule has 8 nitrogen and oxygen atoms in total. The molecule has 0 bridgehead atoms. The van der Waals surface area contributed by atoms with Crippen LogP contribution >= 0.6 is 0 Å². The topological polar surface area (TPSA) is 100 Å². The van der Waals surface area contributed by atoms with Crippen LogP contribution in [0.5, 0.6) is 0 Å². The molecule has 1 aliphatic rings. The molecule has 3 N–H and O–H groups in total. The zero-order valence-electron chi connectivity index (χ0n) is 17.5. The predicted molar refractivity (Wildman–Crippen MR) is 109 cm³/mol. The summed E-state index contributed by atoms with van der Waals surface area (Å²) < 4.78 is 10.5. The van der Waals surface area contributed by atoms with Crippen LogP contribution in [-0.2, 0) is 16.1 Å². The van der Waals surface area contributed by atoms with Gasteiger partial charge in [0.15, 0.2) is 0 Å². The number of carbonyl (C=O) groups excluding carboxylic acids is 2. The summed E-state index contributed by atoms with van der Waals surface area (Å²) in [6, 6.07) is 9.62. The van der Waals surface area contributed by atoms with Crippen molar-refractivity contribution in [3.8, 4) is 0 Å². The third-order valence-corrected chi connectivity index (χ3v) is 4.48. The van der Waals surface area contributed by atoms with Crippen LogP contribution in [0.3, 0.4) is 0 Å². The number of aliphatic hydroxyl groups is 1. The number of benzene rings is 1. The van der Waals surface area contributed by atoms with Gasteiger partial charge in [0.1, 0.15) is 12.2 Å². The minimum atomic E-state index is -0.719. The van der Waals surface area contributed by atoms with E-state index in [-0.39, 0.29) is 25.3 Å². The van der Waals surface area contributed by atoms with Gasteiger partial charge >= 0.3 is 12.2 Å². The molecule has 1 fully saturated rings. The molecule has 0 saturated carbocycles. The molecule has 162 valence electrons. The van der Waals surface area contributed by atoms with Crippen LogP contribution in [0.15, 0.2) is 30.3 Å². The zero-order chi connectivity index (χ0) is 21.3. The summed E-state index contributed by atoms with van der Waals surface area (Å²) in [6.07, 6.45) is 0.0211. The van der Waals surface area contributed by atoms with Crippen molar-refractivity contribution >= 4 is 12.2 Å². The lowest BCUT2D eigenvalue weighted by Gasteiger charge is -2.34. The summed E-state index contributed by atoms with van der Waals surface area (Å²) in [5.41, 5.74) is 0.411. The van der Waals surface area contributed by atoms with E-state index in [0.717, 1.165) is 18.4 Å². The first kappa shape index (κ1) is 23.0. The molecule has 0 spiro atoms. The lowest BCUT2D eigenvalue weighted by atomic mass is 10.1. The maximum Gasteiger partial charge on any atom is 0.410 e. The van der Waals surface area contributed by atoms with E-state index in [1.165, 1.54) is 0 Å². The summed E-state index contributed by atoms with van der Waals surface area (Å²) in [4.78, 5) is 25.5. The van der Waals surface area contributed by atoms with E-state index in [9.17, 15) is 14.7 Å². The molecule has 1 unspecified atom stereocenters. The molecule has 2 rings (SSSR count). The van der Waals surface area contributed by atoms with E-state index < -0.39 is 17.8 Å². The van der Waals surface area contributed by atoms with Gasteiger partial charge < -0.3 is 30.1 Å². The number of alkyl carbamates (subject to hydrolysis) is 1. The van der Waals surface area contributed by atoms with E-state index in [2.05, 4.69) is 10.6 Å². The fourth-order valence-corrected chi connectivity index (χ4v) is 2.94. The molecule has 8 heteroatoms. The fraction of sp³-hybridized carbons (Fsp3) is 0.619. The number of aliphatic hydroxyl groups excluding tert-OH is 1. The number of likely N-dealkylation sites (tertiary alicyclic amines) is 1. The summed E-state index contributed by atoms with van der Waals surface area (Å²) in [7, 11) is 0. The normalized spacial score (nSPS) is 16.2. The van der Waals surface area contributed by atoms with E-state index in [1.807, 2.05) is 51.1 Å². The van der Waals surface area contributed by atoms with E-state index >= 15 is 0 Å². The Kier molecular flexibility index (Phi) is 8.72. The van der Waals surface area contributed by atoms with Gasteiger partial charge in [-0.25, -0.2) is 9.59 Å². The standard InChI is InChI=1S/C21H33N3O5/c1-21(2,3)29-20(27)24-11-9-17(10-12-24)22-13-18(25)14-23-19(26)28-15-16-7-5-4-6-8-16/h4-8,17-18,22,25H,9-15H2,1-3H3,(H,23,26). The Morgan fingerprint density at radius 3 is 2.45 bits per heavy atom. The van der Waals surface area contributed by atoms with Crippen LogP contribution in [0, 0.1) is 0 Å². The van der Waals surface area contributed by atoms with Crippen LogP contribution in [-0.4, -0.2) is 66.1 Å². The highest BCUT2D eigenvalue weighted by molar-refractivity contribution is 5.68. The summed E-state index contributed by atoms with van der Waals surface area (Å²) in [5.74, 6) is 0. The van der Waals surface area contributed by atoms with Crippen molar-refractivity contribution in [2.75, 3.05) is 26.2 Å². The molecular weight excluding hydrogens is 374 g/mol. The second-order valence-corrected chi connectivity index (χ2v) is 8.25. The molecule has 2 amide bonds. The van der Waals surface area contributed by atoms with Crippen LogP contribution < -0.4 is 10.6 Å². The van der Waals surface area contributed by atoms with Crippen molar-refractivity contribution in [1.82, 2.24) is 15.5 Å². The largest absolute Gasteiger partial charge is 0.445 e. The van der Waals surface area contributed by atoms with Crippen LogP contribution in [0.2, 0.25) is 0 Å². The highest BCUT2D eigenvalue weighted by Gasteiger charge is 2.26. The summed E-state index contributed by atoms with van der Waals surface area (Å²) in [5, 5.41) is 15.9. The summed E-state index contributed by atoms with van der Waals surface area (Å²) in [6.45, 7) is 7.45. The molecule has 0 radical (unpaired) electrons. The number of nitrogens with zero attached hydrogens (tertiary/aromatic N) is 1. The SMILES string of the molecule is CC(C)(C)OC(=O)N1CCC(NCC(O)CNC(=O)OCc2ccccc2)CC1. The van der Waals surface area contributed by atoms with E-state index in [1.54, 1.807) is 4.90 Å². The molecule has 1 aromatic carbocycles. The Morgan fingerprint density at radius 1 is 1.17 bits per heavy atom. The molecule has 0 aromatic heterocycles. The van der Waals surface area contributed by atoms with Gasteiger partial charge in [0.25, 0.3) is 0 Å². The van der Waals surface area contributed by atoms with Gasteiger partial charge in [-0.1, -0.05) is 30.3 Å². The monoisotopic (exact) mass is 407 g/mol. The Labute approximate surface area is 172 Å². The second-order valence-electron chi connectivity index (χ2n) is 8.25. The lowest BCUT2D eigenvalue weighted by Crippen LogP contribution is -2.48. The number of hydrogen-bond donors (Lipinski definition) is 3. The third-order valence-electron chi connectivity index (χ3n) is 4.48. The van der Waals surface area contributed by atoms with Crippen molar-refractivity contribution in [3.63, 3.8) is 0 Å². The van der Waals surface area contributed by atoms with Gasteiger partial charge in [-0.3, -0.25) is 0 Å². The predicted octanol–water partition coefficient (Wildman–Crippen LogP) is 2.26. The smallest absolute Gasteiger partial charge is 0.410 e. The maximum absolute atomic E-state index is 12.1. The molecular formula is C21H33N3O5. The number of nitrogens with one attached hydrogen (secondary N) is 2. The highest BCUT2D eigenvalue weighted by Crippen LogP contribution is 2.15. The van der Waals surface area contributed by atoms with Crippen molar-refractivity contribution in [1.29, 1.82) is 0 Å². The molecule has 1 aliphatic heterocycles. The van der Waals surface area contributed by atoms with Crippen LogP contribution in [0.1, 0.15) is 39.2 Å². The maximum atomic E-state index is 12.1. The highest BCUT2D eigenvalue weighted by atomic mass is 16.6. The van der Waals surface area contributed by atoms with Crippen LogP contribution in [0.25, 0.3) is 0 Å². The van der Waals surface area contributed by atoms with Gasteiger partial charge in [0.05, 0.1) is 6.10 Å². The van der Waals surface area contributed by atoms with E-state index in [0.29, 0.717) is 19.6 Å². The first-order valence-corrected chi connectivity index (χ1v) is 10.1. The minimum Gasteiger partial charge on any atom is -0.445 e. The number of amides is 2. The average Bonchev–Trinajstić information content (AvgIpc) is 2.69. The lowest BCUT2D eigenvalue weighted by molar-refractivity contribution is 0.0195. The average molecular weight is 408 g/mol. The Balaban J connectivity index is 1.57. The molecule has 1 saturated heterocycles. The van der Waals surface area contributed by atoms with Crippen molar-refractivity contribution in [3.05, 3.63) is 35.9 Å². The fourth-order valence-electron chi connectivity index (χ4n) is 2.94. The Morgan fingerprint density at radius 2 is 1.83 bits per heavy atom.